The van der Waals surface area contributed by atoms with E-state index in [9.17, 15) is 13.2 Å². The Kier molecular flexibility index (Phi) is 5.40. The molecule has 0 bridgehead atoms. The first-order valence-corrected chi connectivity index (χ1v) is 9.29. The van der Waals surface area contributed by atoms with Crippen molar-refractivity contribution in [2.45, 2.75) is 38.1 Å². The third-order valence-corrected chi connectivity index (χ3v) is 4.63. The molecule has 1 saturated heterocycles. The van der Waals surface area contributed by atoms with Crippen LogP contribution < -0.4 is 10.0 Å². The number of carbonyl (C=O) groups is 1. The monoisotopic (exact) mass is 303 g/mol. The van der Waals surface area contributed by atoms with E-state index in [4.69, 9.17) is 0 Å². The molecule has 1 saturated carbocycles. The van der Waals surface area contributed by atoms with Crippen LogP contribution in [-0.4, -0.2) is 57.7 Å². The van der Waals surface area contributed by atoms with Gasteiger partial charge < -0.3 is 10.2 Å². The van der Waals surface area contributed by atoms with Gasteiger partial charge in [0.05, 0.1) is 12.8 Å². The standard InChI is InChI=1S/C13H25N3O3S/c1-20(18,19)15-9-12-4-2-3-7-16(12)13(17)10-14-8-11-5-6-11/h11-12,14-15H,2-10H2,1H3. The minimum atomic E-state index is -3.20. The lowest BCUT2D eigenvalue weighted by Gasteiger charge is -2.36. The number of piperidine rings is 1. The molecule has 2 aliphatic rings. The van der Waals surface area contributed by atoms with Gasteiger partial charge in [-0.3, -0.25) is 4.79 Å². The van der Waals surface area contributed by atoms with Gasteiger partial charge in [-0.25, -0.2) is 13.1 Å². The number of nitrogens with zero attached hydrogens (tertiary/aromatic N) is 1. The lowest BCUT2D eigenvalue weighted by molar-refractivity contribution is -0.133. The summed E-state index contributed by atoms with van der Waals surface area (Å²) < 4.78 is 24.9. The van der Waals surface area contributed by atoms with Crippen molar-refractivity contribution in [3.63, 3.8) is 0 Å². The van der Waals surface area contributed by atoms with Gasteiger partial charge in [0.1, 0.15) is 0 Å². The van der Waals surface area contributed by atoms with Gasteiger partial charge in [0, 0.05) is 19.1 Å². The van der Waals surface area contributed by atoms with Crippen LogP contribution in [0.25, 0.3) is 0 Å². The van der Waals surface area contributed by atoms with Crippen molar-refractivity contribution in [2.24, 2.45) is 5.92 Å². The fraction of sp³-hybridized carbons (Fsp3) is 0.923. The van der Waals surface area contributed by atoms with E-state index in [2.05, 4.69) is 10.0 Å². The van der Waals surface area contributed by atoms with Gasteiger partial charge in [-0.2, -0.15) is 0 Å². The highest BCUT2D eigenvalue weighted by Gasteiger charge is 2.27. The Morgan fingerprint density at radius 1 is 1.20 bits per heavy atom. The van der Waals surface area contributed by atoms with Crippen LogP contribution >= 0.6 is 0 Å². The van der Waals surface area contributed by atoms with Crippen LogP contribution in [-0.2, 0) is 14.8 Å². The normalized spacial score (nSPS) is 23.9. The van der Waals surface area contributed by atoms with Crippen molar-refractivity contribution in [2.75, 3.05) is 32.4 Å². The molecule has 1 heterocycles. The number of sulfonamides is 1. The van der Waals surface area contributed by atoms with Crippen LogP contribution in [0.15, 0.2) is 0 Å². The highest BCUT2D eigenvalue weighted by molar-refractivity contribution is 7.88. The Hall–Kier alpha value is -0.660. The zero-order valence-electron chi connectivity index (χ0n) is 12.1. The van der Waals surface area contributed by atoms with E-state index in [1.807, 2.05) is 4.90 Å². The number of hydrogen-bond donors (Lipinski definition) is 2. The van der Waals surface area contributed by atoms with Crippen LogP contribution in [0.1, 0.15) is 32.1 Å². The zero-order valence-corrected chi connectivity index (χ0v) is 12.9. The molecule has 1 aliphatic carbocycles. The first kappa shape index (κ1) is 15.7. The van der Waals surface area contributed by atoms with Crippen LogP contribution in [0.2, 0.25) is 0 Å². The summed E-state index contributed by atoms with van der Waals surface area (Å²) in [6, 6.07) is -0.00583. The highest BCUT2D eigenvalue weighted by Crippen LogP contribution is 2.27. The minimum absolute atomic E-state index is 0.00583. The van der Waals surface area contributed by atoms with E-state index in [0.29, 0.717) is 13.1 Å². The molecular weight excluding hydrogens is 278 g/mol. The second-order valence-electron chi connectivity index (χ2n) is 5.93. The maximum absolute atomic E-state index is 12.2. The third-order valence-electron chi connectivity index (χ3n) is 3.93. The summed E-state index contributed by atoms with van der Waals surface area (Å²) in [4.78, 5) is 14.1. The summed E-state index contributed by atoms with van der Waals surface area (Å²) in [5.74, 6) is 0.845. The van der Waals surface area contributed by atoms with Gasteiger partial charge in [-0.15, -0.1) is 0 Å². The fourth-order valence-electron chi connectivity index (χ4n) is 2.60. The molecule has 0 aromatic carbocycles. The Bertz CT molecular complexity index is 434. The van der Waals surface area contributed by atoms with E-state index in [0.717, 1.165) is 44.5 Å². The number of likely N-dealkylation sites (tertiary alicyclic amines) is 1. The van der Waals surface area contributed by atoms with Crippen LogP contribution in [0.4, 0.5) is 0 Å². The number of carbonyl (C=O) groups excluding carboxylic acids is 1. The quantitative estimate of drug-likeness (QED) is 0.689. The Balaban J connectivity index is 1.79. The van der Waals surface area contributed by atoms with Crippen LogP contribution in [0, 0.1) is 5.92 Å². The average Bonchev–Trinajstić information content (AvgIpc) is 3.20. The van der Waals surface area contributed by atoms with Crippen LogP contribution in [0.5, 0.6) is 0 Å². The maximum Gasteiger partial charge on any atom is 0.236 e. The summed E-state index contributed by atoms with van der Waals surface area (Å²) in [6.45, 7) is 2.35. The molecule has 2 fully saturated rings. The molecule has 0 radical (unpaired) electrons. The lowest BCUT2D eigenvalue weighted by Crippen LogP contribution is -2.51. The molecule has 7 heteroatoms. The molecule has 0 spiro atoms. The Morgan fingerprint density at radius 3 is 2.60 bits per heavy atom. The van der Waals surface area contributed by atoms with Crippen molar-refractivity contribution in [3.8, 4) is 0 Å². The summed E-state index contributed by atoms with van der Waals surface area (Å²) >= 11 is 0. The number of rotatable bonds is 7. The van der Waals surface area contributed by atoms with Gasteiger partial charge >= 0.3 is 0 Å². The molecule has 0 aromatic heterocycles. The summed E-state index contributed by atoms with van der Waals surface area (Å²) in [6.07, 6.45) is 6.62. The van der Waals surface area contributed by atoms with E-state index in [-0.39, 0.29) is 11.9 Å². The average molecular weight is 303 g/mol. The summed E-state index contributed by atoms with van der Waals surface area (Å²) in [7, 11) is -3.20. The van der Waals surface area contributed by atoms with Crippen molar-refractivity contribution in [1.82, 2.24) is 14.9 Å². The minimum Gasteiger partial charge on any atom is -0.337 e. The van der Waals surface area contributed by atoms with Crippen molar-refractivity contribution in [1.29, 1.82) is 0 Å². The highest BCUT2D eigenvalue weighted by atomic mass is 32.2. The van der Waals surface area contributed by atoms with Crippen molar-refractivity contribution in [3.05, 3.63) is 0 Å². The Morgan fingerprint density at radius 2 is 1.95 bits per heavy atom. The molecule has 116 valence electrons. The molecule has 1 aliphatic heterocycles. The topological polar surface area (TPSA) is 78.5 Å². The predicted octanol–water partition coefficient (Wildman–Crippen LogP) is -0.0837. The lowest BCUT2D eigenvalue weighted by atomic mass is 10.0. The number of hydrogen-bond acceptors (Lipinski definition) is 4. The fourth-order valence-corrected chi connectivity index (χ4v) is 3.09. The first-order valence-electron chi connectivity index (χ1n) is 7.40. The van der Waals surface area contributed by atoms with Gasteiger partial charge in [0.25, 0.3) is 0 Å². The second kappa shape index (κ2) is 6.87. The largest absolute Gasteiger partial charge is 0.337 e. The van der Waals surface area contributed by atoms with Gasteiger partial charge in [0.15, 0.2) is 0 Å². The maximum atomic E-state index is 12.2. The molecule has 2 rings (SSSR count). The molecule has 0 aromatic rings. The summed E-state index contributed by atoms with van der Waals surface area (Å²) in [5, 5.41) is 3.21. The summed E-state index contributed by atoms with van der Waals surface area (Å²) in [5.41, 5.74) is 0. The molecule has 2 N–H and O–H groups in total. The molecular formula is C13H25N3O3S. The van der Waals surface area contributed by atoms with Gasteiger partial charge in [0.2, 0.25) is 15.9 Å². The molecule has 20 heavy (non-hydrogen) atoms. The first-order chi connectivity index (χ1) is 9.46. The number of amides is 1. The van der Waals surface area contributed by atoms with E-state index < -0.39 is 10.0 Å². The van der Waals surface area contributed by atoms with Crippen LogP contribution in [0.3, 0.4) is 0 Å². The zero-order chi connectivity index (χ0) is 14.6. The molecule has 6 nitrogen and oxygen atoms in total. The van der Waals surface area contributed by atoms with Gasteiger partial charge in [-0.05, 0) is 44.6 Å². The molecule has 1 atom stereocenters. The van der Waals surface area contributed by atoms with E-state index in [1.165, 1.54) is 12.8 Å². The van der Waals surface area contributed by atoms with Crippen molar-refractivity contribution >= 4 is 15.9 Å². The third kappa shape index (κ3) is 5.38. The van der Waals surface area contributed by atoms with E-state index in [1.54, 1.807) is 0 Å². The predicted molar refractivity (Wildman–Crippen MR) is 77.8 cm³/mol. The molecule has 1 amide bonds. The van der Waals surface area contributed by atoms with Gasteiger partial charge in [-0.1, -0.05) is 0 Å². The smallest absolute Gasteiger partial charge is 0.236 e. The Labute approximate surface area is 121 Å². The molecule has 1 unspecified atom stereocenters. The second-order valence-corrected chi connectivity index (χ2v) is 7.76. The SMILES string of the molecule is CS(=O)(=O)NCC1CCCCN1C(=O)CNCC1CC1. The van der Waals surface area contributed by atoms with E-state index >= 15 is 0 Å². The number of nitrogens with one attached hydrogen (secondary N) is 2. The van der Waals surface area contributed by atoms with Crippen molar-refractivity contribution < 1.29 is 13.2 Å².